The molecule has 0 aliphatic heterocycles. The summed E-state index contributed by atoms with van der Waals surface area (Å²) >= 11 is 1.65. The van der Waals surface area contributed by atoms with E-state index in [4.69, 9.17) is 0 Å². The molecule has 0 aliphatic rings. The molecular weight excluding hydrogens is 320 g/mol. The van der Waals surface area contributed by atoms with Gasteiger partial charge in [0.1, 0.15) is 5.01 Å². The molecule has 124 valence electrons. The van der Waals surface area contributed by atoms with Gasteiger partial charge in [-0.15, -0.1) is 11.3 Å². The average Bonchev–Trinajstić information content (AvgIpc) is 3.04. The van der Waals surface area contributed by atoms with Crippen molar-refractivity contribution >= 4 is 17.3 Å². The van der Waals surface area contributed by atoms with Crippen LogP contribution in [0.3, 0.4) is 0 Å². The van der Waals surface area contributed by atoms with Crippen molar-refractivity contribution in [3.8, 4) is 10.6 Å². The molecule has 0 saturated heterocycles. The molecule has 0 aliphatic carbocycles. The van der Waals surface area contributed by atoms with Crippen molar-refractivity contribution in [3.63, 3.8) is 0 Å². The van der Waals surface area contributed by atoms with Gasteiger partial charge < -0.3 is 5.32 Å². The summed E-state index contributed by atoms with van der Waals surface area (Å²) in [5.74, 6) is 0.740. The van der Waals surface area contributed by atoms with Crippen LogP contribution in [0.1, 0.15) is 31.2 Å². The Hall–Kier alpha value is -2.47. The molecule has 3 aromatic rings. The number of hydrogen-bond acceptors (Lipinski definition) is 5. The Morgan fingerprint density at radius 1 is 1.21 bits per heavy atom. The molecule has 0 fully saturated rings. The molecule has 2 heterocycles. The van der Waals surface area contributed by atoms with Gasteiger partial charge in [0, 0.05) is 30.0 Å². The molecule has 0 spiro atoms. The van der Waals surface area contributed by atoms with E-state index in [1.165, 1.54) is 0 Å². The van der Waals surface area contributed by atoms with Gasteiger partial charge in [0.2, 0.25) is 5.95 Å². The molecule has 0 unspecified atom stereocenters. The number of benzene rings is 1. The second kappa shape index (κ2) is 7.40. The number of anilines is 1. The van der Waals surface area contributed by atoms with Gasteiger partial charge in [0.05, 0.1) is 11.4 Å². The van der Waals surface area contributed by atoms with E-state index < -0.39 is 0 Å². The summed E-state index contributed by atoms with van der Waals surface area (Å²) in [4.78, 5) is 23.5. The van der Waals surface area contributed by atoms with Crippen LogP contribution < -0.4 is 10.9 Å². The van der Waals surface area contributed by atoms with E-state index in [1.54, 1.807) is 17.4 Å². The Kier molecular flexibility index (Phi) is 5.05. The van der Waals surface area contributed by atoms with Crippen LogP contribution in [0.2, 0.25) is 0 Å². The highest BCUT2D eigenvalue weighted by molar-refractivity contribution is 7.13. The quantitative estimate of drug-likeness (QED) is 0.718. The van der Waals surface area contributed by atoms with Gasteiger partial charge in [-0.2, -0.15) is 0 Å². The van der Waals surface area contributed by atoms with Crippen LogP contribution in [0.15, 0.2) is 46.6 Å². The summed E-state index contributed by atoms with van der Waals surface area (Å²) in [6, 6.07) is 11.7. The first-order valence-corrected chi connectivity index (χ1v) is 8.85. The molecule has 1 aromatic carbocycles. The number of hydrogen-bond donors (Lipinski definition) is 2. The van der Waals surface area contributed by atoms with Crippen molar-refractivity contribution in [1.82, 2.24) is 15.0 Å². The van der Waals surface area contributed by atoms with Crippen molar-refractivity contribution in [3.05, 3.63) is 63.5 Å². The molecule has 0 saturated carbocycles. The number of H-pyrrole nitrogens is 1. The lowest BCUT2D eigenvalue weighted by Crippen LogP contribution is -2.16. The minimum absolute atomic E-state index is 0.128. The third-order valence-electron chi connectivity index (χ3n) is 3.60. The van der Waals surface area contributed by atoms with Crippen LogP contribution in [0.4, 0.5) is 5.95 Å². The first kappa shape index (κ1) is 16.4. The van der Waals surface area contributed by atoms with Gasteiger partial charge in [-0.3, -0.25) is 9.78 Å². The number of nitrogens with one attached hydrogen (secondary N) is 2. The smallest absolute Gasteiger partial charge is 0.252 e. The van der Waals surface area contributed by atoms with E-state index in [2.05, 4.69) is 37.8 Å². The van der Waals surface area contributed by atoms with Crippen LogP contribution in [0.25, 0.3) is 10.6 Å². The van der Waals surface area contributed by atoms with Gasteiger partial charge in [-0.25, -0.2) is 9.97 Å². The second-order valence-corrected chi connectivity index (χ2v) is 6.72. The average molecular weight is 340 g/mol. The molecule has 5 nitrogen and oxygen atoms in total. The lowest BCUT2D eigenvalue weighted by molar-refractivity contribution is 0.807. The third kappa shape index (κ3) is 4.08. The fourth-order valence-corrected chi connectivity index (χ4v) is 3.16. The van der Waals surface area contributed by atoms with Crippen LogP contribution in [-0.2, 0) is 6.42 Å². The van der Waals surface area contributed by atoms with Crippen molar-refractivity contribution in [2.45, 2.75) is 26.2 Å². The van der Waals surface area contributed by atoms with Crippen molar-refractivity contribution in [2.75, 3.05) is 11.9 Å². The van der Waals surface area contributed by atoms with Gasteiger partial charge in [-0.1, -0.05) is 44.2 Å². The molecule has 0 amide bonds. The maximum Gasteiger partial charge on any atom is 0.252 e. The normalized spacial score (nSPS) is 11.0. The second-order valence-electron chi connectivity index (χ2n) is 5.86. The zero-order valence-corrected chi connectivity index (χ0v) is 14.6. The predicted octanol–water partition coefficient (Wildman–Crippen LogP) is 3.67. The van der Waals surface area contributed by atoms with Gasteiger partial charge in [0.15, 0.2) is 0 Å². The fourth-order valence-electron chi connectivity index (χ4n) is 2.30. The van der Waals surface area contributed by atoms with Crippen molar-refractivity contribution < 1.29 is 0 Å². The fraction of sp³-hybridized carbons (Fsp3) is 0.278. The predicted molar refractivity (Wildman–Crippen MR) is 98.7 cm³/mol. The first-order valence-electron chi connectivity index (χ1n) is 7.97. The van der Waals surface area contributed by atoms with Gasteiger partial charge in [-0.05, 0) is 5.92 Å². The summed E-state index contributed by atoms with van der Waals surface area (Å²) in [7, 11) is 0. The SMILES string of the molecule is CC(C)c1cc(=O)[nH]c(NCCc2csc(-c3ccccc3)n2)n1. The highest BCUT2D eigenvalue weighted by Crippen LogP contribution is 2.23. The molecule has 2 N–H and O–H groups in total. The molecule has 0 bridgehead atoms. The summed E-state index contributed by atoms with van der Waals surface area (Å²) in [6.45, 7) is 4.71. The van der Waals surface area contributed by atoms with E-state index in [-0.39, 0.29) is 11.5 Å². The summed E-state index contributed by atoms with van der Waals surface area (Å²) in [6.07, 6.45) is 0.777. The number of aromatic nitrogens is 3. The maximum atomic E-state index is 11.7. The Balaban J connectivity index is 1.61. The van der Waals surface area contributed by atoms with E-state index in [0.29, 0.717) is 12.5 Å². The van der Waals surface area contributed by atoms with Crippen LogP contribution >= 0.6 is 11.3 Å². The first-order chi connectivity index (χ1) is 11.6. The number of thiazole rings is 1. The molecular formula is C18H20N4OS. The van der Waals surface area contributed by atoms with Gasteiger partial charge in [0.25, 0.3) is 5.56 Å². The lowest BCUT2D eigenvalue weighted by atomic mass is 10.1. The minimum atomic E-state index is -0.128. The van der Waals surface area contributed by atoms with E-state index in [1.807, 2.05) is 32.0 Å². The number of rotatable bonds is 6. The number of aromatic amines is 1. The lowest BCUT2D eigenvalue weighted by Gasteiger charge is -2.08. The highest BCUT2D eigenvalue weighted by Gasteiger charge is 2.06. The van der Waals surface area contributed by atoms with Crippen LogP contribution in [0.5, 0.6) is 0 Å². The maximum absolute atomic E-state index is 11.7. The number of nitrogens with zero attached hydrogens (tertiary/aromatic N) is 2. The van der Waals surface area contributed by atoms with Crippen molar-refractivity contribution in [1.29, 1.82) is 0 Å². The zero-order valence-electron chi connectivity index (χ0n) is 13.7. The molecule has 0 atom stereocenters. The van der Waals surface area contributed by atoms with E-state index in [0.717, 1.165) is 28.4 Å². The standard InChI is InChI=1S/C18H20N4OS/c1-12(2)15-10-16(23)22-18(21-15)19-9-8-14-11-24-17(20-14)13-6-4-3-5-7-13/h3-7,10-12H,8-9H2,1-2H3,(H2,19,21,22,23). The largest absolute Gasteiger partial charge is 0.355 e. The highest BCUT2D eigenvalue weighted by atomic mass is 32.1. The topological polar surface area (TPSA) is 70.7 Å². The van der Waals surface area contributed by atoms with E-state index >= 15 is 0 Å². The molecule has 2 aromatic heterocycles. The molecule has 6 heteroatoms. The summed E-state index contributed by atoms with van der Waals surface area (Å²) in [5, 5.41) is 6.28. The molecule has 0 radical (unpaired) electrons. The zero-order chi connectivity index (χ0) is 16.9. The molecule has 3 rings (SSSR count). The van der Waals surface area contributed by atoms with Crippen molar-refractivity contribution in [2.24, 2.45) is 0 Å². The van der Waals surface area contributed by atoms with Crippen LogP contribution in [0, 0.1) is 0 Å². The minimum Gasteiger partial charge on any atom is -0.355 e. The van der Waals surface area contributed by atoms with E-state index in [9.17, 15) is 4.79 Å². The molecule has 24 heavy (non-hydrogen) atoms. The monoisotopic (exact) mass is 340 g/mol. The third-order valence-corrected chi connectivity index (χ3v) is 4.54. The Morgan fingerprint density at radius 3 is 2.75 bits per heavy atom. The Bertz CT molecular complexity index is 855. The Morgan fingerprint density at radius 2 is 2.00 bits per heavy atom. The van der Waals surface area contributed by atoms with Crippen LogP contribution in [-0.4, -0.2) is 21.5 Å². The summed E-state index contributed by atoms with van der Waals surface area (Å²) < 4.78 is 0. The van der Waals surface area contributed by atoms with Gasteiger partial charge >= 0.3 is 0 Å². The Labute approximate surface area is 144 Å². The summed E-state index contributed by atoms with van der Waals surface area (Å²) in [5.41, 5.74) is 2.84.